The van der Waals surface area contributed by atoms with Crippen molar-refractivity contribution in [1.29, 1.82) is 0 Å². The van der Waals surface area contributed by atoms with Gasteiger partial charge < -0.3 is 9.47 Å². The van der Waals surface area contributed by atoms with E-state index in [1.54, 1.807) is 16.5 Å². The van der Waals surface area contributed by atoms with Crippen molar-refractivity contribution in [3.8, 4) is 0 Å². The van der Waals surface area contributed by atoms with Crippen molar-refractivity contribution in [2.75, 3.05) is 33.2 Å². The Balaban J connectivity index is 1.63. The highest BCUT2D eigenvalue weighted by Crippen LogP contribution is 2.17. The van der Waals surface area contributed by atoms with Gasteiger partial charge in [-0.3, -0.25) is 9.69 Å². The number of carbonyl (C=O) groups is 1. The van der Waals surface area contributed by atoms with Gasteiger partial charge in [-0.05, 0) is 30.8 Å². The number of nitrogens with zero attached hydrogens (tertiary/aromatic N) is 3. The van der Waals surface area contributed by atoms with Gasteiger partial charge in [-0.1, -0.05) is 23.7 Å². The van der Waals surface area contributed by atoms with Crippen LogP contribution in [0.1, 0.15) is 16.1 Å². The Morgan fingerprint density at radius 2 is 1.89 bits per heavy atom. The molecule has 27 heavy (non-hydrogen) atoms. The first kappa shape index (κ1) is 19.9. The van der Waals surface area contributed by atoms with E-state index in [9.17, 15) is 13.2 Å². The lowest BCUT2D eigenvalue weighted by Crippen LogP contribution is -2.48. The average molecular weight is 411 g/mol. The van der Waals surface area contributed by atoms with Crippen molar-refractivity contribution in [2.45, 2.75) is 11.4 Å². The number of rotatable bonds is 5. The van der Waals surface area contributed by atoms with Crippen molar-refractivity contribution >= 4 is 27.5 Å². The van der Waals surface area contributed by atoms with Gasteiger partial charge in [0.2, 0.25) is 10.0 Å². The summed E-state index contributed by atoms with van der Waals surface area (Å²) in [6.07, 6.45) is 1.45. The Kier molecular flexibility index (Phi) is 5.90. The second-order valence-corrected chi connectivity index (χ2v) is 8.90. The van der Waals surface area contributed by atoms with Crippen LogP contribution in [0.3, 0.4) is 0 Å². The van der Waals surface area contributed by atoms with Gasteiger partial charge in [-0.15, -0.1) is 0 Å². The Bertz CT molecular complexity index is 934. The van der Waals surface area contributed by atoms with Gasteiger partial charge in [0.1, 0.15) is 10.6 Å². The molecule has 1 aromatic carbocycles. The lowest BCUT2D eigenvalue weighted by atomic mass is 10.2. The number of aryl methyl sites for hydroxylation is 1. The number of halogens is 1. The normalized spacial score (nSPS) is 15.9. The summed E-state index contributed by atoms with van der Waals surface area (Å²) in [5.74, 6) is -0.155. The Labute approximate surface area is 164 Å². The van der Waals surface area contributed by atoms with Gasteiger partial charge in [0.25, 0.3) is 5.91 Å². The zero-order chi connectivity index (χ0) is 19.6. The van der Waals surface area contributed by atoms with E-state index < -0.39 is 10.0 Å². The minimum Gasteiger partial charge on any atom is -0.345 e. The van der Waals surface area contributed by atoms with Crippen LogP contribution in [-0.4, -0.2) is 61.9 Å². The second-order valence-electron chi connectivity index (χ2n) is 6.58. The molecule has 0 radical (unpaired) electrons. The molecule has 2 heterocycles. The molecule has 2 aromatic rings. The monoisotopic (exact) mass is 410 g/mol. The Hall–Kier alpha value is -1.87. The van der Waals surface area contributed by atoms with Crippen LogP contribution < -0.4 is 4.72 Å². The maximum atomic E-state index is 12.8. The molecule has 0 spiro atoms. The third-order valence-electron chi connectivity index (χ3n) is 4.73. The van der Waals surface area contributed by atoms with E-state index in [1.807, 2.05) is 24.3 Å². The number of sulfonamides is 1. The van der Waals surface area contributed by atoms with E-state index in [1.165, 1.54) is 19.3 Å². The highest BCUT2D eigenvalue weighted by atomic mass is 35.5. The van der Waals surface area contributed by atoms with Crippen molar-refractivity contribution in [3.05, 3.63) is 52.8 Å². The molecule has 0 bridgehead atoms. The van der Waals surface area contributed by atoms with Crippen molar-refractivity contribution in [1.82, 2.24) is 19.1 Å². The van der Waals surface area contributed by atoms with E-state index in [4.69, 9.17) is 11.6 Å². The molecule has 1 amide bonds. The molecule has 0 saturated carbocycles. The predicted octanol–water partition coefficient (Wildman–Crippen LogP) is 1.54. The first-order valence-electron chi connectivity index (χ1n) is 8.66. The van der Waals surface area contributed by atoms with Crippen molar-refractivity contribution in [3.63, 3.8) is 0 Å². The molecule has 1 fully saturated rings. The molecular formula is C18H23ClN4O3S. The molecule has 1 aliphatic heterocycles. The molecule has 9 heteroatoms. The standard InChI is InChI=1S/C18H23ClN4O3S/c1-20-27(25,26)16-11-17(21(2)13-16)18(24)23-8-6-22(7-9-23)12-14-4-3-5-15(19)10-14/h3-5,10-11,13,20H,6-9,12H2,1-2H3. The van der Waals surface area contributed by atoms with Crippen LogP contribution in [0.15, 0.2) is 41.4 Å². The molecule has 7 nitrogen and oxygen atoms in total. The van der Waals surface area contributed by atoms with Crippen LogP contribution in [-0.2, 0) is 23.6 Å². The fraction of sp³-hybridized carbons (Fsp3) is 0.389. The highest BCUT2D eigenvalue weighted by Gasteiger charge is 2.26. The Morgan fingerprint density at radius 1 is 1.19 bits per heavy atom. The van der Waals surface area contributed by atoms with Crippen LogP contribution >= 0.6 is 11.6 Å². The summed E-state index contributed by atoms with van der Waals surface area (Å²) in [5.41, 5.74) is 1.51. The van der Waals surface area contributed by atoms with Crippen molar-refractivity contribution in [2.24, 2.45) is 7.05 Å². The highest BCUT2D eigenvalue weighted by molar-refractivity contribution is 7.89. The summed E-state index contributed by atoms with van der Waals surface area (Å²) in [7, 11) is -0.544. The van der Waals surface area contributed by atoms with Crippen LogP contribution in [0.2, 0.25) is 5.02 Å². The zero-order valence-electron chi connectivity index (χ0n) is 15.4. The minimum atomic E-state index is -3.57. The molecule has 1 aromatic heterocycles. The summed E-state index contributed by atoms with van der Waals surface area (Å²) in [4.78, 5) is 16.9. The van der Waals surface area contributed by atoms with Crippen LogP contribution in [0.5, 0.6) is 0 Å². The number of benzene rings is 1. The van der Waals surface area contributed by atoms with Gasteiger partial charge in [0.15, 0.2) is 0 Å². The van der Waals surface area contributed by atoms with E-state index in [0.29, 0.717) is 18.8 Å². The van der Waals surface area contributed by atoms with Crippen LogP contribution in [0, 0.1) is 0 Å². The molecule has 1 N–H and O–H groups in total. The molecule has 146 valence electrons. The zero-order valence-corrected chi connectivity index (χ0v) is 16.9. The third-order valence-corrected chi connectivity index (χ3v) is 6.35. The number of aromatic nitrogens is 1. The maximum absolute atomic E-state index is 12.8. The number of nitrogens with one attached hydrogen (secondary N) is 1. The van der Waals surface area contributed by atoms with Gasteiger partial charge in [0.05, 0.1) is 0 Å². The lowest BCUT2D eigenvalue weighted by Gasteiger charge is -2.34. The quantitative estimate of drug-likeness (QED) is 0.811. The summed E-state index contributed by atoms with van der Waals surface area (Å²) in [5, 5.41) is 0.720. The largest absolute Gasteiger partial charge is 0.345 e. The van der Waals surface area contributed by atoms with E-state index in [0.717, 1.165) is 30.2 Å². The predicted molar refractivity (Wildman–Crippen MR) is 104 cm³/mol. The lowest BCUT2D eigenvalue weighted by molar-refractivity contribution is 0.0619. The summed E-state index contributed by atoms with van der Waals surface area (Å²) >= 11 is 6.03. The molecule has 0 aliphatic carbocycles. The Morgan fingerprint density at radius 3 is 2.52 bits per heavy atom. The average Bonchev–Trinajstić information content (AvgIpc) is 3.04. The SMILES string of the molecule is CNS(=O)(=O)c1cc(C(=O)N2CCN(Cc3cccc(Cl)c3)CC2)n(C)c1. The smallest absolute Gasteiger partial charge is 0.270 e. The number of hydrogen-bond acceptors (Lipinski definition) is 4. The van der Waals surface area contributed by atoms with Gasteiger partial charge >= 0.3 is 0 Å². The molecular weight excluding hydrogens is 388 g/mol. The van der Waals surface area contributed by atoms with Crippen molar-refractivity contribution < 1.29 is 13.2 Å². The molecule has 1 saturated heterocycles. The van der Waals surface area contributed by atoms with Crippen LogP contribution in [0.4, 0.5) is 0 Å². The van der Waals surface area contributed by atoms with Gasteiger partial charge in [-0.25, -0.2) is 13.1 Å². The topological polar surface area (TPSA) is 74.7 Å². The van der Waals surface area contributed by atoms with Gasteiger partial charge in [0, 0.05) is 51.0 Å². The maximum Gasteiger partial charge on any atom is 0.270 e. The second kappa shape index (κ2) is 8.02. The molecule has 3 rings (SSSR count). The third kappa shape index (κ3) is 4.52. The number of hydrogen-bond donors (Lipinski definition) is 1. The summed E-state index contributed by atoms with van der Waals surface area (Å²) in [6, 6.07) is 9.20. The van der Waals surface area contributed by atoms with Crippen LogP contribution in [0.25, 0.3) is 0 Å². The minimum absolute atomic E-state index is 0.0930. The number of amides is 1. The fourth-order valence-electron chi connectivity index (χ4n) is 3.18. The van der Waals surface area contributed by atoms with Gasteiger partial charge in [-0.2, -0.15) is 0 Å². The van der Waals surface area contributed by atoms with E-state index >= 15 is 0 Å². The first-order chi connectivity index (χ1) is 12.8. The first-order valence-corrected chi connectivity index (χ1v) is 10.5. The molecule has 0 atom stereocenters. The number of piperazine rings is 1. The van der Waals surface area contributed by atoms with E-state index in [-0.39, 0.29) is 10.8 Å². The number of carbonyl (C=O) groups excluding carboxylic acids is 1. The fourth-order valence-corrected chi connectivity index (χ4v) is 4.19. The molecule has 0 unspecified atom stereocenters. The summed E-state index contributed by atoms with van der Waals surface area (Å²) in [6.45, 7) is 3.49. The summed E-state index contributed by atoms with van der Waals surface area (Å²) < 4.78 is 27.7. The van der Waals surface area contributed by atoms with E-state index in [2.05, 4.69) is 9.62 Å². The molecule has 1 aliphatic rings.